The van der Waals surface area contributed by atoms with Crippen molar-refractivity contribution < 1.29 is 17.7 Å². The van der Waals surface area contributed by atoms with Crippen LogP contribution in [0.5, 0.6) is 0 Å². The van der Waals surface area contributed by atoms with Gasteiger partial charge in [0.25, 0.3) is 5.69 Å². The molecule has 7 nitrogen and oxygen atoms in total. The third-order valence-electron chi connectivity index (χ3n) is 5.29. The fraction of sp³-hybridized carbons (Fsp3) is 0.316. The van der Waals surface area contributed by atoms with E-state index in [0.29, 0.717) is 5.56 Å². The Morgan fingerprint density at radius 1 is 1.18 bits per heavy atom. The molecular weight excluding hydrogens is 385 g/mol. The minimum absolute atomic E-state index is 0.181. The summed E-state index contributed by atoms with van der Waals surface area (Å²) in [6.07, 6.45) is 0. The molecule has 28 heavy (non-hydrogen) atoms. The van der Waals surface area contributed by atoms with Gasteiger partial charge >= 0.3 is 0 Å². The Morgan fingerprint density at radius 2 is 1.79 bits per heavy atom. The van der Waals surface area contributed by atoms with Gasteiger partial charge in [-0.2, -0.15) is 0 Å². The van der Waals surface area contributed by atoms with Crippen molar-refractivity contribution in [1.82, 2.24) is 0 Å². The number of hydrogen-bond acceptors (Lipinski definition) is 6. The molecule has 2 atom stereocenters. The zero-order chi connectivity index (χ0) is 20.9. The molecule has 0 saturated carbocycles. The van der Waals surface area contributed by atoms with E-state index >= 15 is 0 Å². The van der Waals surface area contributed by atoms with Crippen molar-refractivity contribution in [2.45, 2.75) is 31.1 Å². The van der Waals surface area contributed by atoms with Crippen LogP contribution in [0.1, 0.15) is 30.5 Å². The Morgan fingerprint density at radius 3 is 2.32 bits per heavy atom. The molecule has 1 heterocycles. The van der Waals surface area contributed by atoms with Crippen LogP contribution in [0.15, 0.2) is 47.5 Å². The van der Waals surface area contributed by atoms with E-state index in [4.69, 9.17) is 5.73 Å². The van der Waals surface area contributed by atoms with E-state index in [2.05, 4.69) is 4.99 Å². The number of nitro groups is 1. The van der Waals surface area contributed by atoms with Gasteiger partial charge in [-0.05, 0) is 32.4 Å². The van der Waals surface area contributed by atoms with E-state index in [0.717, 1.165) is 23.8 Å². The summed E-state index contributed by atoms with van der Waals surface area (Å²) in [5, 5.41) is 11.1. The average Bonchev–Trinajstić information content (AvgIpc) is 2.59. The summed E-state index contributed by atoms with van der Waals surface area (Å²) in [5.74, 6) is -1.50. The number of nitrogens with zero attached hydrogens (tertiary/aromatic N) is 2. The van der Waals surface area contributed by atoms with Crippen molar-refractivity contribution >= 4 is 21.4 Å². The molecule has 2 aromatic carbocycles. The van der Waals surface area contributed by atoms with Gasteiger partial charge in [0.15, 0.2) is 14.6 Å². The zero-order valence-electron chi connectivity index (χ0n) is 15.6. The van der Waals surface area contributed by atoms with Gasteiger partial charge in [-0.1, -0.05) is 29.8 Å². The van der Waals surface area contributed by atoms with Gasteiger partial charge in [-0.25, -0.2) is 12.8 Å². The maximum absolute atomic E-state index is 14.5. The molecule has 0 radical (unpaired) electrons. The standard InChI is InChI=1S/C19H20FN3O4S/c1-12-4-6-13(7-5-12)19(3)17(21)22-18(2,11-28(19,26)27)15-10-14(23(24)25)8-9-16(15)20/h4-10H,11H2,1-3H3,(H2,21,22)/t18-,19-/m0/s1. The number of sulfone groups is 1. The first-order valence-corrected chi connectivity index (χ1v) is 10.2. The smallest absolute Gasteiger partial charge is 0.270 e. The van der Waals surface area contributed by atoms with Crippen LogP contribution in [0.25, 0.3) is 0 Å². The predicted octanol–water partition coefficient (Wildman–Crippen LogP) is 2.96. The molecular formula is C19H20FN3O4S. The maximum atomic E-state index is 14.5. The molecule has 0 spiro atoms. The van der Waals surface area contributed by atoms with Crippen LogP contribution >= 0.6 is 0 Å². The number of halogens is 1. The van der Waals surface area contributed by atoms with E-state index in [1.54, 1.807) is 24.3 Å². The largest absolute Gasteiger partial charge is 0.386 e. The van der Waals surface area contributed by atoms with Gasteiger partial charge in [0.05, 0.1) is 10.7 Å². The summed E-state index contributed by atoms with van der Waals surface area (Å²) >= 11 is 0. The lowest BCUT2D eigenvalue weighted by Gasteiger charge is -2.40. The van der Waals surface area contributed by atoms with Gasteiger partial charge in [-0.15, -0.1) is 0 Å². The molecule has 0 amide bonds. The molecule has 9 heteroatoms. The Balaban J connectivity index is 2.21. The molecule has 0 saturated heterocycles. The number of amidine groups is 1. The molecule has 0 aliphatic carbocycles. The van der Waals surface area contributed by atoms with Crippen LogP contribution in [0.3, 0.4) is 0 Å². The highest BCUT2D eigenvalue weighted by molar-refractivity contribution is 7.93. The number of rotatable bonds is 3. The quantitative estimate of drug-likeness (QED) is 0.623. The molecule has 0 unspecified atom stereocenters. The van der Waals surface area contributed by atoms with Gasteiger partial charge in [0, 0.05) is 17.7 Å². The Kier molecular flexibility index (Phi) is 4.54. The lowest BCUT2D eigenvalue weighted by Crippen LogP contribution is -2.54. The third kappa shape index (κ3) is 2.95. The van der Waals surface area contributed by atoms with Gasteiger partial charge in [-0.3, -0.25) is 15.1 Å². The van der Waals surface area contributed by atoms with Crippen molar-refractivity contribution in [1.29, 1.82) is 0 Å². The van der Waals surface area contributed by atoms with Crippen LogP contribution < -0.4 is 5.73 Å². The minimum Gasteiger partial charge on any atom is -0.386 e. The lowest BCUT2D eigenvalue weighted by atomic mass is 9.91. The molecule has 3 rings (SSSR count). The van der Waals surface area contributed by atoms with Crippen LogP contribution in [-0.2, 0) is 20.1 Å². The summed E-state index contributed by atoms with van der Waals surface area (Å²) < 4.78 is 39.5. The SMILES string of the molecule is Cc1ccc([C@@]2(C)C(N)=N[C@](C)(c3cc([N+](=O)[O-])ccc3F)CS2(=O)=O)cc1. The van der Waals surface area contributed by atoms with Crippen LogP contribution in [0.4, 0.5) is 10.1 Å². The van der Waals surface area contributed by atoms with Gasteiger partial charge in [0.2, 0.25) is 0 Å². The molecule has 2 aromatic rings. The van der Waals surface area contributed by atoms with Crippen molar-refractivity contribution in [2.75, 3.05) is 5.75 Å². The van der Waals surface area contributed by atoms with Crippen molar-refractivity contribution in [3.63, 3.8) is 0 Å². The first-order chi connectivity index (χ1) is 12.9. The van der Waals surface area contributed by atoms with Crippen LogP contribution in [0, 0.1) is 22.9 Å². The highest BCUT2D eigenvalue weighted by Crippen LogP contribution is 2.43. The summed E-state index contributed by atoms with van der Waals surface area (Å²) in [5.41, 5.74) is 5.44. The molecule has 0 aromatic heterocycles. The van der Waals surface area contributed by atoms with E-state index < -0.39 is 36.6 Å². The second kappa shape index (κ2) is 6.37. The zero-order valence-corrected chi connectivity index (χ0v) is 16.5. The Hall–Kier alpha value is -2.81. The normalized spacial score (nSPS) is 26.5. The molecule has 2 N–H and O–H groups in total. The number of hydrogen-bond donors (Lipinski definition) is 1. The van der Waals surface area contributed by atoms with E-state index in [9.17, 15) is 22.9 Å². The summed E-state index contributed by atoms with van der Waals surface area (Å²) in [6, 6.07) is 9.86. The lowest BCUT2D eigenvalue weighted by molar-refractivity contribution is -0.385. The topological polar surface area (TPSA) is 116 Å². The number of non-ortho nitro benzene ring substituents is 1. The molecule has 1 aliphatic heterocycles. The highest BCUT2D eigenvalue weighted by atomic mass is 32.2. The van der Waals surface area contributed by atoms with E-state index in [1.807, 2.05) is 6.92 Å². The average molecular weight is 405 g/mol. The maximum Gasteiger partial charge on any atom is 0.270 e. The fourth-order valence-corrected chi connectivity index (χ4v) is 5.56. The monoisotopic (exact) mass is 405 g/mol. The van der Waals surface area contributed by atoms with Gasteiger partial charge in [0.1, 0.15) is 17.2 Å². The van der Waals surface area contributed by atoms with Crippen molar-refractivity contribution in [3.8, 4) is 0 Å². The van der Waals surface area contributed by atoms with Gasteiger partial charge < -0.3 is 5.73 Å². The summed E-state index contributed by atoms with van der Waals surface area (Å²) in [6.45, 7) is 4.75. The molecule has 0 bridgehead atoms. The predicted molar refractivity (Wildman–Crippen MR) is 104 cm³/mol. The number of benzene rings is 2. The van der Waals surface area contributed by atoms with Crippen LogP contribution in [-0.4, -0.2) is 24.9 Å². The first kappa shape index (κ1) is 19.9. The highest BCUT2D eigenvalue weighted by Gasteiger charge is 2.53. The first-order valence-electron chi connectivity index (χ1n) is 8.50. The van der Waals surface area contributed by atoms with Crippen molar-refractivity contribution in [2.24, 2.45) is 10.7 Å². The molecule has 148 valence electrons. The second-order valence-corrected chi connectivity index (χ2v) is 9.69. The Bertz CT molecular complexity index is 1100. The Labute approximate surface area is 162 Å². The fourth-order valence-electron chi connectivity index (χ4n) is 3.46. The summed E-state index contributed by atoms with van der Waals surface area (Å²) in [7, 11) is -3.94. The number of nitro benzene ring substituents is 1. The number of aliphatic imine (C=N–C) groups is 1. The van der Waals surface area contributed by atoms with Crippen molar-refractivity contribution in [3.05, 3.63) is 75.1 Å². The third-order valence-corrected chi connectivity index (χ3v) is 7.92. The number of aryl methyl sites for hydroxylation is 1. The van der Waals surface area contributed by atoms with Crippen LogP contribution in [0.2, 0.25) is 0 Å². The molecule has 1 aliphatic rings. The summed E-state index contributed by atoms with van der Waals surface area (Å²) in [4.78, 5) is 14.7. The minimum atomic E-state index is -3.94. The van der Waals surface area contributed by atoms with E-state index in [-0.39, 0.29) is 17.1 Å². The molecule has 0 fully saturated rings. The number of nitrogens with two attached hydrogens (primary N) is 1. The second-order valence-electron chi connectivity index (χ2n) is 7.35. The van der Waals surface area contributed by atoms with E-state index in [1.165, 1.54) is 13.8 Å².